The van der Waals surface area contributed by atoms with Gasteiger partial charge >= 0.3 is 6.18 Å². The predicted molar refractivity (Wildman–Crippen MR) is 127 cm³/mol. The Morgan fingerprint density at radius 1 is 1.27 bits per heavy atom. The van der Waals surface area contributed by atoms with Gasteiger partial charge in [0.1, 0.15) is 12.4 Å². The Bertz CT molecular complexity index is 1140. The highest BCUT2D eigenvalue weighted by Crippen LogP contribution is 2.35. The van der Waals surface area contributed by atoms with Crippen molar-refractivity contribution in [3.05, 3.63) is 59.3 Å². The van der Waals surface area contributed by atoms with Gasteiger partial charge in [-0.05, 0) is 42.5 Å². The monoisotopic (exact) mass is 524 g/mol. The van der Waals surface area contributed by atoms with E-state index in [1.165, 1.54) is 24.7 Å². The van der Waals surface area contributed by atoms with Gasteiger partial charge in [0.25, 0.3) is 0 Å². The van der Waals surface area contributed by atoms with Crippen molar-refractivity contribution >= 4 is 17.5 Å². The van der Waals surface area contributed by atoms with Crippen molar-refractivity contribution in [1.29, 1.82) is 0 Å². The van der Waals surface area contributed by atoms with Gasteiger partial charge in [0.15, 0.2) is 11.6 Å². The highest BCUT2D eigenvalue weighted by Gasteiger charge is 2.34. The fraction of sp³-hybridized carbons (Fsp3) is 0.458. The number of primary amides is 1. The number of nitrogens with zero attached hydrogens (tertiary/aromatic N) is 4. The van der Waals surface area contributed by atoms with Crippen molar-refractivity contribution in [3.8, 4) is 0 Å². The van der Waals surface area contributed by atoms with Crippen LogP contribution in [0.4, 0.5) is 29.2 Å². The van der Waals surface area contributed by atoms with Crippen LogP contribution < -0.4 is 16.0 Å². The zero-order valence-corrected chi connectivity index (χ0v) is 19.8. The molecule has 0 bridgehead atoms. The Morgan fingerprint density at radius 2 is 1.97 bits per heavy atom. The number of aliphatic hydroxyl groups is 2. The number of aliphatic hydroxyl groups excluding tert-OH is 2. The van der Waals surface area contributed by atoms with Crippen molar-refractivity contribution in [1.82, 2.24) is 14.9 Å². The molecule has 13 heteroatoms. The molecule has 5 N–H and O–H groups in total. The summed E-state index contributed by atoms with van der Waals surface area (Å²) in [5.74, 6) is -1.50. The van der Waals surface area contributed by atoms with Crippen LogP contribution in [0.15, 0.2) is 42.4 Å². The lowest BCUT2D eigenvalue weighted by Crippen LogP contribution is -2.52. The average molecular weight is 525 g/mol. The lowest BCUT2D eigenvalue weighted by atomic mass is 10.00. The minimum Gasteiger partial charge on any atom is -0.394 e. The first-order chi connectivity index (χ1) is 17.6. The zero-order chi connectivity index (χ0) is 26.7. The number of aromatic nitrogens is 2. The number of rotatable bonds is 9. The van der Waals surface area contributed by atoms with Crippen molar-refractivity contribution in [2.45, 2.75) is 50.2 Å². The molecule has 1 saturated heterocycles. The van der Waals surface area contributed by atoms with E-state index in [0.717, 1.165) is 25.0 Å². The van der Waals surface area contributed by atoms with Crippen LogP contribution in [0.2, 0.25) is 0 Å². The number of halogens is 4. The molecule has 9 nitrogen and oxygen atoms in total. The van der Waals surface area contributed by atoms with Crippen LogP contribution in [0.5, 0.6) is 0 Å². The van der Waals surface area contributed by atoms with E-state index in [4.69, 9.17) is 5.73 Å². The van der Waals surface area contributed by atoms with E-state index in [9.17, 15) is 28.2 Å². The van der Waals surface area contributed by atoms with Crippen molar-refractivity contribution in [3.63, 3.8) is 0 Å². The van der Waals surface area contributed by atoms with Crippen LogP contribution in [0.25, 0.3) is 0 Å². The SMILES string of the molecule is NC(=O)C(CO)N1CC/C(=C/Nc2ncnc(N(Cc3ccc(C(F)(F)F)cc3)C3CC3)c2F)[C@H](O)C1. The third-order valence-electron chi connectivity index (χ3n) is 6.52. The molecule has 2 atom stereocenters. The molecule has 1 aliphatic heterocycles. The Morgan fingerprint density at radius 3 is 2.54 bits per heavy atom. The number of carbonyl (C=O) groups excluding carboxylic acids is 1. The Balaban J connectivity index is 1.47. The summed E-state index contributed by atoms with van der Waals surface area (Å²) in [5, 5.41) is 22.6. The number of carbonyl (C=O) groups is 1. The van der Waals surface area contributed by atoms with Crippen LogP contribution in [0.1, 0.15) is 30.4 Å². The second-order valence-corrected chi connectivity index (χ2v) is 9.14. The first-order valence-corrected chi connectivity index (χ1v) is 11.8. The summed E-state index contributed by atoms with van der Waals surface area (Å²) in [6.07, 6.45) is -0.804. The van der Waals surface area contributed by atoms with Gasteiger partial charge in [-0.15, -0.1) is 0 Å². The molecule has 37 heavy (non-hydrogen) atoms. The normalized spacial score (nSPS) is 20.6. The van der Waals surface area contributed by atoms with Gasteiger partial charge in [-0.3, -0.25) is 9.69 Å². The third kappa shape index (κ3) is 6.35. The smallest absolute Gasteiger partial charge is 0.394 e. The predicted octanol–water partition coefficient (Wildman–Crippen LogP) is 2.01. The maximum absolute atomic E-state index is 15.4. The third-order valence-corrected chi connectivity index (χ3v) is 6.52. The molecule has 1 saturated carbocycles. The Labute approximate surface area is 210 Å². The summed E-state index contributed by atoms with van der Waals surface area (Å²) in [4.78, 5) is 22.8. The Kier molecular flexibility index (Phi) is 7.95. The number of anilines is 2. The highest BCUT2D eigenvalue weighted by molar-refractivity contribution is 5.80. The van der Waals surface area contributed by atoms with Gasteiger partial charge in [0, 0.05) is 31.9 Å². The van der Waals surface area contributed by atoms with E-state index in [0.29, 0.717) is 24.1 Å². The first kappa shape index (κ1) is 26.8. The molecule has 2 heterocycles. The van der Waals surface area contributed by atoms with Crippen molar-refractivity contribution < 1.29 is 32.6 Å². The molecule has 1 aromatic heterocycles. The van der Waals surface area contributed by atoms with Crippen molar-refractivity contribution in [2.24, 2.45) is 5.73 Å². The van der Waals surface area contributed by atoms with Gasteiger partial charge in [-0.25, -0.2) is 9.97 Å². The zero-order valence-electron chi connectivity index (χ0n) is 19.8. The molecular formula is C24H28F4N6O3. The van der Waals surface area contributed by atoms with Gasteiger partial charge in [-0.1, -0.05) is 12.1 Å². The van der Waals surface area contributed by atoms with Crippen LogP contribution in [0.3, 0.4) is 0 Å². The van der Waals surface area contributed by atoms with Gasteiger partial charge < -0.3 is 26.2 Å². The molecule has 1 unspecified atom stereocenters. The number of β-amino-alcohol motifs (C(OH)–C–C–N with tert-alkyl or cyclic N) is 1. The second-order valence-electron chi connectivity index (χ2n) is 9.14. The minimum absolute atomic E-state index is 0.00812. The lowest BCUT2D eigenvalue weighted by molar-refractivity contribution is -0.137. The van der Waals surface area contributed by atoms with E-state index in [2.05, 4.69) is 15.3 Å². The van der Waals surface area contributed by atoms with Gasteiger partial charge in [0.2, 0.25) is 11.7 Å². The number of hydrogen-bond acceptors (Lipinski definition) is 8. The summed E-state index contributed by atoms with van der Waals surface area (Å²) in [6.45, 7) is 0.149. The van der Waals surface area contributed by atoms with Crippen LogP contribution in [-0.4, -0.2) is 68.9 Å². The number of hydrogen-bond donors (Lipinski definition) is 4. The average Bonchev–Trinajstić information content (AvgIpc) is 3.68. The number of piperidine rings is 1. The topological polar surface area (TPSA) is 128 Å². The van der Waals surface area contributed by atoms with E-state index >= 15 is 4.39 Å². The number of alkyl halides is 3. The van der Waals surface area contributed by atoms with Crippen LogP contribution in [0, 0.1) is 5.82 Å². The summed E-state index contributed by atoms with van der Waals surface area (Å²) in [5.41, 5.74) is 5.68. The molecule has 4 rings (SSSR count). The Hall–Kier alpha value is -3.29. The van der Waals surface area contributed by atoms with Gasteiger partial charge in [-0.2, -0.15) is 17.6 Å². The number of nitrogens with two attached hydrogens (primary N) is 1. The van der Waals surface area contributed by atoms with E-state index < -0.39 is 42.2 Å². The fourth-order valence-electron chi connectivity index (χ4n) is 4.29. The number of benzene rings is 1. The van der Waals surface area contributed by atoms with E-state index in [1.807, 2.05) is 0 Å². The lowest BCUT2D eigenvalue weighted by Gasteiger charge is -2.35. The summed E-state index contributed by atoms with van der Waals surface area (Å²) in [7, 11) is 0. The fourth-order valence-corrected chi connectivity index (χ4v) is 4.29. The molecular weight excluding hydrogens is 496 g/mol. The quantitative estimate of drug-likeness (QED) is 0.367. The van der Waals surface area contributed by atoms with Gasteiger partial charge in [0.05, 0.1) is 18.3 Å². The van der Waals surface area contributed by atoms with Crippen molar-refractivity contribution in [2.75, 3.05) is 29.9 Å². The highest BCUT2D eigenvalue weighted by atomic mass is 19.4. The molecule has 2 fully saturated rings. The second kappa shape index (κ2) is 11.0. The largest absolute Gasteiger partial charge is 0.416 e. The maximum Gasteiger partial charge on any atom is 0.416 e. The summed E-state index contributed by atoms with van der Waals surface area (Å²) in [6, 6.07) is 3.85. The van der Waals surface area contributed by atoms with E-state index in [-0.39, 0.29) is 30.8 Å². The maximum atomic E-state index is 15.4. The molecule has 1 aliphatic carbocycles. The first-order valence-electron chi connectivity index (χ1n) is 11.8. The minimum atomic E-state index is -4.44. The van der Waals surface area contributed by atoms with Crippen LogP contribution in [-0.2, 0) is 17.5 Å². The molecule has 0 spiro atoms. The standard InChI is InChI=1S/C24H28F4N6O3/c25-20-22(30-9-15-7-8-33(11-19(15)36)18(12-35)21(29)37)31-13-32-23(20)34(17-5-6-17)10-14-1-3-16(4-2-14)24(26,27)28/h1-4,9,13,17-19,35-36H,5-8,10-12H2,(H2,29,37)(H,30,31,32)/b15-9-/t18?,19-/m1/s1. The summed E-state index contributed by atoms with van der Waals surface area (Å²) >= 11 is 0. The number of nitrogens with one attached hydrogen (secondary N) is 1. The number of likely N-dealkylation sites (tertiary alicyclic amines) is 1. The van der Waals surface area contributed by atoms with E-state index in [1.54, 1.807) is 9.80 Å². The summed E-state index contributed by atoms with van der Waals surface area (Å²) < 4.78 is 54.1. The molecule has 200 valence electrons. The molecule has 0 radical (unpaired) electrons. The molecule has 2 aromatic rings. The number of amides is 1. The molecule has 1 aromatic carbocycles. The molecule has 2 aliphatic rings. The molecule has 1 amide bonds. The van der Waals surface area contributed by atoms with Crippen LogP contribution >= 0.6 is 0 Å².